The van der Waals surface area contributed by atoms with E-state index >= 15 is 0 Å². The molecule has 1 saturated heterocycles. The third-order valence-electron chi connectivity index (χ3n) is 18.4. The Bertz CT molecular complexity index is 1900. The van der Waals surface area contributed by atoms with Crippen LogP contribution in [0.4, 0.5) is 0 Å². The van der Waals surface area contributed by atoms with Gasteiger partial charge in [-0.3, -0.25) is 9.78 Å². The zero-order valence-corrected chi connectivity index (χ0v) is 36.6. The highest BCUT2D eigenvalue weighted by atomic mass is 32.2. The molecule has 0 aromatic carbocycles. The van der Waals surface area contributed by atoms with Crippen LogP contribution in [-0.4, -0.2) is 84.2 Å². The van der Waals surface area contributed by atoms with E-state index in [9.17, 15) is 18.3 Å². The number of nitrogens with one attached hydrogen (secondary N) is 1. The number of carboxylic acids is 1. The van der Waals surface area contributed by atoms with Gasteiger partial charge in [-0.2, -0.15) is 0 Å². The molecule has 0 unspecified atom stereocenters. The van der Waals surface area contributed by atoms with Gasteiger partial charge in [-0.25, -0.2) is 13.4 Å². The van der Waals surface area contributed by atoms with Crippen molar-refractivity contribution in [2.45, 2.75) is 124 Å². The number of fused-ring (bicyclic) bond motifs is 7. The summed E-state index contributed by atoms with van der Waals surface area (Å²) in [6.07, 6.45) is 22.4. The average Bonchev–Trinajstić information content (AvgIpc) is 3.55. The summed E-state index contributed by atoms with van der Waals surface area (Å²) in [5.41, 5.74) is 4.04. The predicted octanol–water partition coefficient (Wildman–Crippen LogP) is 8.30. The number of sulfone groups is 1. The van der Waals surface area contributed by atoms with E-state index in [0.29, 0.717) is 72.9 Å². The molecule has 7 aliphatic rings. The van der Waals surface area contributed by atoms with E-state index in [1.54, 1.807) is 18.6 Å². The van der Waals surface area contributed by atoms with E-state index in [-0.39, 0.29) is 33.8 Å². The van der Waals surface area contributed by atoms with Crippen molar-refractivity contribution in [3.63, 3.8) is 0 Å². The highest BCUT2D eigenvalue weighted by Gasteiger charge is 2.70. The van der Waals surface area contributed by atoms with Crippen LogP contribution in [0.15, 0.2) is 54.0 Å². The average molecular weight is 803 g/mol. The fourth-order valence-corrected chi connectivity index (χ4v) is 16.4. The van der Waals surface area contributed by atoms with Crippen molar-refractivity contribution >= 4 is 15.8 Å². The van der Waals surface area contributed by atoms with Crippen molar-refractivity contribution in [1.82, 2.24) is 20.2 Å². The highest BCUT2D eigenvalue weighted by molar-refractivity contribution is 7.91. The summed E-state index contributed by atoms with van der Waals surface area (Å²) in [4.78, 5) is 23.3. The van der Waals surface area contributed by atoms with Gasteiger partial charge in [0.05, 0.1) is 17.7 Å². The van der Waals surface area contributed by atoms with E-state index in [4.69, 9.17) is 4.74 Å². The molecular formula is C47H70N4O5S. The second-order valence-corrected chi connectivity index (χ2v) is 23.5. The maximum Gasteiger partial charge on any atom is 0.313 e. The Hall–Kier alpha value is -2.56. The summed E-state index contributed by atoms with van der Waals surface area (Å²) in [5.74, 6) is 3.17. The first-order valence-corrected chi connectivity index (χ1v) is 24.1. The first-order valence-electron chi connectivity index (χ1n) is 22.3. The zero-order chi connectivity index (χ0) is 40.6. The molecule has 1 aromatic rings. The zero-order valence-electron chi connectivity index (χ0n) is 35.7. The van der Waals surface area contributed by atoms with Crippen LogP contribution < -0.4 is 10.1 Å². The number of hydrogen-bond donors (Lipinski definition) is 2. The number of aliphatic carboxylic acids is 1. The van der Waals surface area contributed by atoms with Crippen molar-refractivity contribution in [2.24, 2.45) is 56.7 Å². The third-order valence-corrected chi connectivity index (χ3v) is 20.0. The molecule has 0 spiro atoms. The van der Waals surface area contributed by atoms with E-state index in [1.165, 1.54) is 68.1 Å². The lowest BCUT2D eigenvalue weighted by molar-refractivity contribution is -0.221. The Morgan fingerprint density at radius 3 is 2.39 bits per heavy atom. The molecule has 314 valence electrons. The number of allylic oxidation sites excluding steroid dienone is 5. The van der Waals surface area contributed by atoms with E-state index in [0.717, 1.165) is 25.9 Å². The Labute approximate surface area is 342 Å². The van der Waals surface area contributed by atoms with Gasteiger partial charge in [0, 0.05) is 44.1 Å². The molecule has 2 N–H and O–H groups in total. The van der Waals surface area contributed by atoms with Crippen LogP contribution in [0.1, 0.15) is 119 Å². The molecule has 0 radical (unpaired) electrons. The molecule has 2 heterocycles. The Morgan fingerprint density at radius 2 is 1.72 bits per heavy atom. The quantitative estimate of drug-likeness (QED) is 0.225. The van der Waals surface area contributed by atoms with Gasteiger partial charge >= 0.3 is 5.97 Å². The number of carbonyl (C=O) groups is 1. The molecule has 6 aliphatic carbocycles. The van der Waals surface area contributed by atoms with Crippen LogP contribution in [0.2, 0.25) is 0 Å². The van der Waals surface area contributed by atoms with Gasteiger partial charge in [0.25, 0.3) is 0 Å². The molecule has 4 saturated carbocycles. The maximum absolute atomic E-state index is 12.7. The molecule has 57 heavy (non-hydrogen) atoms. The van der Waals surface area contributed by atoms with Crippen molar-refractivity contribution in [2.75, 3.05) is 44.3 Å². The monoisotopic (exact) mass is 803 g/mol. The minimum atomic E-state index is -2.87. The topological polar surface area (TPSA) is 122 Å². The molecule has 9 nitrogen and oxygen atoms in total. The summed E-state index contributed by atoms with van der Waals surface area (Å²) in [5, 5.41) is 14.6. The van der Waals surface area contributed by atoms with E-state index in [1.807, 2.05) is 0 Å². The van der Waals surface area contributed by atoms with Crippen molar-refractivity contribution in [3.8, 4) is 5.88 Å². The van der Waals surface area contributed by atoms with Crippen LogP contribution in [0.5, 0.6) is 5.88 Å². The van der Waals surface area contributed by atoms with E-state index in [2.05, 4.69) is 80.5 Å². The van der Waals surface area contributed by atoms with Crippen LogP contribution in [0, 0.1) is 56.7 Å². The lowest BCUT2D eigenvalue weighted by Gasteiger charge is -2.72. The molecule has 0 bridgehead atoms. The minimum absolute atomic E-state index is 0.00203. The molecular weight excluding hydrogens is 733 g/mol. The van der Waals surface area contributed by atoms with Gasteiger partial charge in [-0.1, -0.05) is 58.9 Å². The smallest absolute Gasteiger partial charge is 0.313 e. The minimum Gasteiger partial charge on any atom is -0.481 e. The van der Waals surface area contributed by atoms with E-state index < -0.39 is 21.2 Å². The lowest BCUT2D eigenvalue weighted by Crippen LogP contribution is -2.68. The SMILES string of the molecule is C=C(C)[C@@H]1CC[C@]2(NCCN3CCS(=O)(=O)CC3)CC[C@]3(C)[C@H](CC[C@@H]4[C@@]5(C)CC=C(C6=CC[C@@](COc7cnccn7)(C(=O)O)CC6)C(C)(C)[C@@H]5CC[C@]43C)[C@@H]12. The van der Waals surface area contributed by atoms with Crippen LogP contribution in [-0.2, 0) is 14.6 Å². The van der Waals surface area contributed by atoms with Crippen LogP contribution >= 0.6 is 0 Å². The van der Waals surface area contributed by atoms with Gasteiger partial charge in [0.2, 0.25) is 5.88 Å². The molecule has 0 amide bonds. The summed E-state index contributed by atoms with van der Waals surface area (Å²) in [6.45, 7) is 23.2. The predicted molar refractivity (Wildman–Crippen MR) is 225 cm³/mol. The second-order valence-electron chi connectivity index (χ2n) is 21.2. The molecule has 1 aromatic heterocycles. The van der Waals surface area contributed by atoms with Gasteiger partial charge in [-0.05, 0) is 146 Å². The fourth-order valence-electron chi connectivity index (χ4n) is 15.1. The van der Waals surface area contributed by atoms with Crippen LogP contribution in [0.25, 0.3) is 0 Å². The Balaban J connectivity index is 1.01. The number of aromatic nitrogens is 2. The third kappa shape index (κ3) is 6.68. The number of rotatable bonds is 10. The van der Waals surface area contributed by atoms with Gasteiger partial charge in [-0.15, -0.1) is 0 Å². The summed E-state index contributed by atoms with van der Waals surface area (Å²) < 4.78 is 30.0. The summed E-state index contributed by atoms with van der Waals surface area (Å²) in [6, 6.07) is 0. The van der Waals surface area contributed by atoms with Gasteiger partial charge < -0.3 is 20.1 Å². The van der Waals surface area contributed by atoms with Crippen molar-refractivity contribution in [1.29, 1.82) is 0 Å². The van der Waals surface area contributed by atoms with Crippen LogP contribution in [0.3, 0.4) is 0 Å². The molecule has 10 atom stereocenters. The molecule has 1 aliphatic heterocycles. The van der Waals surface area contributed by atoms with Gasteiger partial charge in [0.15, 0.2) is 9.84 Å². The largest absolute Gasteiger partial charge is 0.481 e. The first kappa shape index (κ1) is 41.2. The molecule has 8 rings (SSSR count). The Morgan fingerprint density at radius 1 is 0.947 bits per heavy atom. The number of carboxylic acid groups (broad SMARTS) is 1. The second kappa shape index (κ2) is 14.6. The van der Waals surface area contributed by atoms with Crippen molar-refractivity contribution in [3.05, 3.63) is 54.0 Å². The fraction of sp³-hybridized carbons (Fsp3) is 0.766. The first-order chi connectivity index (χ1) is 26.9. The standard InChI is InChI=1S/C47H70N4O5S/c1-32(2)34-12-19-47(50-24-25-51-26-28-57(54,55)29-27-51)21-20-44(6)36(40(34)47)8-9-38-43(5)15-13-35(42(3,4)37(43)14-16-45(38,44)7)33-10-17-46(18-11-33,41(52)53)31-56-39-30-48-22-23-49-39/h10,13,22-23,30,34,36-38,40,50H,1,8-9,11-12,14-21,24-29,31H2,2-7H3,(H,52,53)/t34-,36+,37-,38+,40+,43-,44+,45+,46+,47-/m0/s1. The number of hydrogen-bond acceptors (Lipinski definition) is 8. The van der Waals surface area contributed by atoms with Crippen molar-refractivity contribution < 1.29 is 23.1 Å². The highest BCUT2D eigenvalue weighted by Crippen LogP contribution is 2.76. The normalized spacial score (nSPS) is 42.3. The Kier molecular flexibility index (Phi) is 10.5. The molecule has 5 fully saturated rings. The van der Waals surface area contributed by atoms with Gasteiger partial charge in [0.1, 0.15) is 12.0 Å². The summed E-state index contributed by atoms with van der Waals surface area (Å²) >= 11 is 0. The number of nitrogens with zero attached hydrogens (tertiary/aromatic N) is 3. The summed E-state index contributed by atoms with van der Waals surface area (Å²) in [7, 11) is -2.87. The number of ether oxygens (including phenoxy) is 1. The lowest BCUT2D eigenvalue weighted by atomic mass is 9.33. The maximum atomic E-state index is 12.7. The molecule has 10 heteroatoms.